The molecule has 1 aliphatic rings. The average molecular weight is 298 g/mol. The number of thioether (sulfide) groups is 1. The molecule has 9 heteroatoms. The monoisotopic (exact) mass is 298 g/mol. The Labute approximate surface area is 121 Å². The zero-order valence-corrected chi connectivity index (χ0v) is 12.1. The molecule has 1 fully saturated rings. The van der Waals surface area contributed by atoms with Crippen molar-refractivity contribution in [1.29, 1.82) is 0 Å². The number of nitrogens with two attached hydrogens (primary N) is 1. The molecule has 0 spiro atoms. The molecule has 0 bridgehead atoms. The number of hydrazine groups is 1. The number of aromatic nitrogens is 3. The van der Waals surface area contributed by atoms with Gasteiger partial charge in [0.25, 0.3) is 0 Å². The summed E-state index contributed by atoms with van der Waals surface area (Å²) in [7, 11) is 1.79. The molecule has 0 unspecified atom stereocenters. The molecule has 0 saturated carbocycles. The van der Waals surface area contributed by atoms with Gasteiger partial charge in [-0.1, -0.05) is 11.8 Å². The molecular formula is C11H18N6O2S. The van der Waals surface area contributed by atoms with Crippen molar-refractivity contribution in [2.24, 2.45) is 18.8 Å². The average Bonchev–Trinajstić information content (AvgIpc) is 2.89. The lowest BCUT2D eigenvalue weighted by atomic mass is 9.96. The first-order chi connectivity index (χ1) is 9.61. The number of piperidine rings is 1. The van der Waals surface area contributed by atoms with Gasteiger partial charge in [-0.3, -0.25) is 15.0 Å². The fraction of sp³-hybridized carbons (Fsp3) is 0.636. The second kappa shape index (κ2) is 6.71. The van der Waals surface area contributed by atoms with E-state index in [1.54, 1.807) is 16.6 Å². The minimum Gasteiger partial charge on any atom is -0.342 e. The van der Waals surface area contributed by atoms with Crippen molar-refractivity contribution in [3.63, 3.8) is 0 Å². The number of carbonyl (C=O) groups excluding carboxylic acids is 2. The second-order valence-electron chi connectivity index (χ2n) is 4.62. The van der Waals surface area contributed by atoms with E-state index in [0.717, 1.165) is 5.16 Å². The van der Waals surface area contributed by atoms with Crippen molar-refractivity contribution >= 4 is 23.6 Å². The number of nitrogens with one attached hydrogen (secondary N) is 1. The molecule has 1 aromatic rings. The first-order valence-electron chi connectivity index (χ1n) is 6.37. The van der Waals surface area contributed by atoms with Crippen molar-refractivity contribution < 1.29 is 9.59 Å². The summed E-state index contributed by atoms with van der Waals surface area (Å²) in [5.74, 6) is 5.27. The molecular weight excluding hydrogens is 280 g/mol. The molecule has 1 aromatic heterocycles. The standard InChI is InChI=1S/C11H18N6O2S/c1-16-11(13-7-14-16)20-6-9(18)17-4-2-8(3-5-17)10(19)15-12/h7-8H,2-6,12H2,1H3,(H,15,19). The first kappa shape index (κ1) is 14.8. The number of carbonyl (C=O) groups is 2. The van der Waals surface area contributed by atoms with Gasteiger partial charge >= 0.3 is 0 Å². The van der Waals surface area contributed by atoms with Gasteiger partial charge in [-0.2, -0.15) is 5.10 Å². The summed E-state index contributed by atoms with van der Waals surface area (Å²) in [5, 5.41) is 4.67. The summed E-state index contributed by atoms with van der Waals surface area (Å²) in [6, 6.07) is 0. The first-order valence-corrected chi connectivity index (χ1v) is 7.35. The second-order valence-corrected chi connectivity index (χ2v) is 5.56. The largest absolute Gasteiger partial charge is 0.342 e. The number of hydrogen-bond donors (Lipinski definition) is 2. The van der Waals surface area contributed by atoms with Crippen LogP contribution in [0.2, 0.25) is 0 Å². The van der Waals surface area contributed by atoms with E-state index in [4.69, 9.17) is 5.84 Å². The lowest BCUT2D eigenvalue weighted by Gasteiger charge is -2.30. The normalized spacial score (nSPS) is 16.2. The summed E-state index contributed by atoms with van der Waals surface area (Å²) < 4.78 is 1.63. The van der Waals surface area contributed by atoms with Crippen LogP contribution in [-0.4, -0.2) is 50.3 Å². The van der Waals surface area contributed by atoms with Crippen molar-refractivity contribution in [3.8, 4) is 0 Å². The predicted octanol–water partition coefficient (Wildman–Crippen LogP) is -0.864. The van der Waals surface area contributed by atoms with E-state index in [1.807, 2.05) is 0 Å². The van der Waals surface area contributed by atoms with E-state index < -0.39 is 0 Å². The van der Waals surface area contributed by atoms with Crippen LogP contribution in [-0.2, 0) is 16.6 Å². The van der Waals surface area contributed by atoms with E-state index in [2.05, 4.69) is 15.5 Å². The lowest BCUT2D eigenvalue weighted by molar-refractivity contribution is -0.133. The quantitative estimate of drug-likeness (QED) is 0.324. The van der Waals surface area contributed by atoms with Gasteiger partial charge in [-0.25, -0.2) is 15.5 Å². The van der Waals surface area contributed by atoms with E-state index in [0.29, 0.717) is 31.7 Å². The molecule has 0 aliphatic carbocycles. The van der Waals surface area contributed by atoms with E-state index in [-0.39, 0.29) is 17.7 Å². The third-order valence-corrected chi connectivity index (χ3v) is 4.37. The van der Waals surface area contributed by atoms with Crippen molar-refractivity contribution in [3.05, 3.63) is 6.33 Å². The smallest absolute Gasteiger partial charge is 0.237 e. The third-order valence-electron chi connectivity index (χ3n) is 3.36. The summed E-state index contributed by atoms with van der Waals surface area (Å²) in [6.45, 7) is 1.19. The lowest BCUT2D eigenvalue weighted by Crippen LogP contribution is -2.45. The highest BCUT2D eigenvalue weighted by Crippen LogP contribution is 2.19. The van der Waals surface area contributed by atoms with Crippen molar-refractivity contribution in [2.45, 2.75) is 18.0 Å². The number of likely N-dealkylation sites (tertiary alicyclic amines) is 1. The number of amides is 2. The van der Waals surface area contributed by atoms with Gasteiger partial charge in [0.2, 0.25) is 11.8 Å². The van der Waals surface area contributed by atoms with Gasteiger partial charge in [0.15, 0.2) is 5.16 Å². The minimum absolute atomic E-state index is 0.0598. The van der Waals surface area contributed by atoms with Crippen LogP contribution < -0.4 is 11.3 Å². The van der Waals surface area contributed by atoms with Crippen molar-refractivity contribution in [1.82, 2.24) is 25.1 Å². The highest BCUT2D eigenvalue weighted by Gasteiger charge is 2.26. The molecule has 1 saturated heterocycles. The molecule has 2 amide bonds. The van der Waals surface area contributed by atoms with Crippen LogP contribution in [0, 0.1) is 5.92 Å². The van der Waals surface area contributed by atoms with Gasteiger partial charge in [0, 0.05) is 26.1 Å². The highest BCUT2D eigenvalue weighted by atomic mass is 32.2. The molecule has 1 aliphatic heterocycles. The fourth-order valence-electron chi connectivity index (χ4n) is 2.14. The SMILES string of the molecule is Cn1ncnc1SCC(=O)N1CCC(C(=O)NN)CC1. The van der Waals surface area contributed by atoms with E-state index in [9.17, 15) is 9.59 Å². The maximum atomic E-state index is 12.1. The van der Waals surface area contributed by atoms with E-state index in [1.165, 1.54) is 18.1 Å². The molecule has 2 rings (SSSR count). The Morgan fingerprint density at radius 1 is 1.50 bits per heavy atom. The van der Waals surface area contributed by atoms with Crippen LogP contribution in [0.15, 0.2) is 11.5 Å². The molecule has 3 N–H and O–H groups in total. The van der Waals surface area contributed by atoms with Crippen LogP contribution in [0.4, 0.5) is 0 Å². The molecule has 110 valence electrons. The summed E-state index contributed by atoms with van der Waals surface area (Å²) in [5.41, 5.74) is 2.16. The maximum absolute atomic E-state index is 12.1. The Morgan fingerprint density at radius 3 is 2.75 bits per heavy atom. The maximum Gasteiger partial charge on any atom is 0.237 e. The van der Waals surface area contributed by atoms with Crippen LogP contribution in [0.1, 0.15) is 12.8 Å². The Bertz CT molecular complexity index is 483. The van der Waals surface area contributed by atoms with Crippen LogP contribution in [0.3, 0.4) is 0 Å². The molecule has 0 aromatic carbocycles. The Hall–Kier alpha value is -1.61. The third kappa shape index (κ3) is 3.48. The summed E-state index contributed by atoms with van der Waals surface area (Å²) in [6.07, 6.45) is 2.77. The number of nitrogens with zero attached hydrogens (tertiary/aromatic N) is 4. The predicted molar refractivity (Wildman–Crippen MR) is 73.4 cm³/mol. The summed E-state index contributed by atoms with van der Waals surface area (Å²) in [4.78, 5) is 29.3. The molecule has 0 atom stereocenters. The zero-order valence-electron chi connectivity index (χ0n) is 11.3. The minimum atomic E-state index is -0.148. The van der Waals surface area contributed by atoms with Gasteiger partial charge < -0.3 is 4.90 Å². The Balaban J connectivity index is 1.77. The van der Waals surface area contributed by atoms with Crippen LogP contribution in [0.25, 0.3) is 0 Å². The van der Waals surface area contributed by atoms with Gasteiger partial charge in [0.1, 0.15) is 6.33 Å². The number of hydrogen-bond acceptors (Lipinski definition) is 6. The van der Waals surface area contributed by atoms with Crippen molar-refractivity contribution in [2.75, 3.05) is 18.8 Å². The molecule has 8 nitrogen and oxygen atoms in total. The Morgan fingerprint density at radius 2 is 2.20 bits per heavy atom. The molecule has 2 heterocycles. The summed E-state index contributed by atoms with van der Waals surface area (Å²) >= 11 is 1.37. The van der Waals surface area contributed by atoms with Gasteiger partial charge in [-0.05, 0) is 12.8 Å². The zero-order chi connectivity index (χ0) is 14.5. The van der Waals surface area contributed by atoms with Gasteiger partial charge in [-0.15, -0.1) is 0 Å². The fourth-order valence-corrected chi connectivity index (χ4v) is 2.93. The van der Waals surface area contributed by atoms with E-state index >= 15 is 0 Å². The van der Waals surface area contributed by atoms with Crippen LogP contribution >= 0.6 is 11.8 Å². The topological polar surface area (TPSA) is 106 Å². The molecule has 20 heavy (non-hydrogen) atoms. The van der Waals surface area contributed by atoms with Crippen LogP contribution in [0.5, 0.6) is 0 Å². The highest BCUT2D eigenvalue weighted by molar-refractivity contribution is 7.99. The Kier molecular flexibility index (Phi) is 4.96. The number of aryl methyl sites for hydroxylation is 1. The molecule has 0 radical (unpaired) electrons. The number of rotatable bonds is 4. The van der Waals surface area contributed by atoms with Gasteiger partial charge in [0.05, 0.1) is 5.75 Å².